The first-order chi connectivity index (χ1) is 14.6. The summed E-state index contributed by atoms with van der Waals surface area (Å²) in [4.78, 5) is 20.5. The van der Waals surface area contributed by atoms with Crippen LogP contribution in [0.5, 0.6) is 0 Å². The normalized spacial score (nSPS) is 11.3. The van der Waals surface area contributed by atoms with Crippen molar-refractivity contribution < 1.29 is 4.79 Å². The highest BCUT2D eigenvalue weighted by Crippen LogP contribution is 2.34. The first-order valence-corrected chi connectivity index (χ1v) is 11.8. The van der Waals surface area contributed by atoms with E-state index >= 15 is 0 Å². The van der Waals surface area contributed by atoms with E-state index in [0.717, 1.165) is 29.4 Å². The highest BCUT2D eigenvalue weighted by molar-refractivity contribution is 6.39. The van der Waals surface area contributed by atoms with Crippen molar-refractivity contribution in [2.45, 2.75) is 71.1 Å². The van der Waals surface area contributed by atoms with Crippen molar-refractivity contribution in [2.24, 2.45) is 0 Å². The molecule has 0 bridgehead atoms. The van der Waals surface area contributed by atoms with Crippen LogP contribution in [0.15, 0.2) is 36.4 Å². The number of imidazole rings is 1. The molecule has 3 aromatic rings. The maximum atomic E-state index is 12.6. The fraction of sp³-hybridized carbons (Fsp3) is 0.440. The monoisotopic (exact) mass is 444 g/mol. The van der Waals surface area contributed by atoms with Crippen molar-refractivity contribution in [2.75, 3.05) is 0 Å². The van der Waals surface area contributed by atoms with Gasteiger partial charge in [-0.15, -0.1) is 0 Å². The number of aromatic nitrogens is 2. The van der Waals surface area contributed by atoms with Gasteiger partial charge in [-0.1, -0.05) is 87.6 Å². The van der Waals surface area contributed by atoms with Gasteiger partial charge in [0.2, 0.25) is 0 Å². The van der Waals surface area contributed by atoms with E-state index < -0.39 is 0 Å². The second kappa shape index (κ2) is 11.5. The van der Waals surface area contributed by atoms with Crippen molar-refractivity contribution in [3.05, 3.63) is 52.0 Å². The molecule has 0 unspecified atom stereocenters. The molecule has 0 aliphatic heterocycles. The van der Waals surface area contributed by atoms with Crippen LogP contribution >= 0.6 is 23.2 Å². The van der Waals surface area contributed by atoms with Crippen LogP contribution < -0.4 is 0 Å². The second-order valence-corrected chi connectivity index (χ2v) is 8.73. The van der Waals surface area contributed by atoms with Gasteiger partial charge in [-0.3, -0.25) is 4.79 Å². The Morgan fingerprint density at radius 1 is 0.900 bits per heavy atom. The molecule has 0 amide bonds. The SMILES string of the molecule is CCCCCCCCCCCC(=O)c1ccc2nc(-c3c(Cl)cccc3Cl)[nH]c2c1. The third-order valence-electron chi connectivity index (χ3n) is 5.51. The van der Waals surface area contributed by atoms with E-state index in [1.54, 1.807) is 18.2 Å². The summed E-state index contributed by atoms with van der Waals surface area (Å²) in [6, 6.07) is 11.0. The molecular weight excluding hydrogens is 415 g/mol. The molecule has 0 radical (unpaired) electrons. The Labute approximate surface area is 189 Å². The average molecular weight is 445 g/mol. The molecule has 0 spiro atoms. The second-order valence-electron chi connectivity index (χ2n) is 7.92. The van der Waals surface area contributed by atoms with Gasteiger partial charge in [0.1, 0.15) is 5.82 Å². The Bertz CT molecular complexity index is 960. The predicted octanol–water partition coefficient (Wildman–Crippen LogP) is 8.64. The molecule has 5 heteroatoms. The van der Waals surface area contributed by atoms with Crippen LogP contribution in [0, 0.1) is 0 Å². The number of benzene rings is 2. The molecular formula is C25H30Cl2N2O. The molecule has 3 rings (SSSR count). The van der Waals surface area contributed by atoms with E-state index in [2.05, 4.69) is 16.9 Å². The zero-order valence-electron chi connectivity index (χ0n) is 17.6. The minimum Gasteiger partial charge on any atom is -0.338 e. The van der Waals surface area contributed by atoms with Crippen LogP contribution in [-0.2, 0) is 0 Å². The molecule has 0 saturated carbocycles. The number of Topliss-reactive ketones (excluding diaryl/α,β-unsaturated/α-hetero) is 1. The van der Waals surface area contributed by atoms with Crippen LogP contribution in [0.3, 0.4) is 0 Å². The van der Waals surface area contributed by atoms with Crippen LogP contribution in [0.25, 0.3) is 22.4 Å². The van der Waals surface area contributed by atoms with Gasteiger partial charge in [0.25, 0.3) is 0 Å². The Kier molecular flexibility index (Phi) is 8.77. The summed E-state index contributed by atoms with van der Waals surface area (Å²) < 4.78 is 0. The van der Waals surface area contributed by atoms with Crippen LogP contribution in [0.2, 0.25) is 10.0 Å². The molecule has 0 aliphatic carbocycles. The fourth-order valence-corrected chi connectivity index (χ4v) is 4.34. The molecule has 2 aromatic carbocycles. The fourth-order valence-electron chi connectivity index (χ4n) is 3.77. The topological polar surface area (TPSA) is 45.8 Å². The number of carbonyl (C=O) groups is 1. The number of carbonyl (C=O) groups excluding carboxylic acids is 1. The molecule has 160 valence electrons. The summed E-state index contributed by atoms with van der Waals surface area (Å²) in [5.74, 6) is 0.802. The van der Waals surface area contributed by atoms with E-state index in [1.165, 1.54) is 44.9 Å². The van der Waals surface area contributed by atoms with E-state index in [0.29, 0.717) is 27.9 Å². The number of hydrogen-bond acceptors (Lipinski definition) is 2. The lowest BCUT2D eigenvalue weighted by Crippen LogP contribution is -1.98. The van der Waals surface area contributed by atoms with Crippen molar-refractivity contribution in [3.8, 4) is 11.4 Å². The van der Waals surface area contributed by atoms with Gasteiger partial charge in [-0.2, -0.15) is 0 Å². The minimum atomic E-state index is 0.187. The standard InChI is InChI=1S/C25H30Cl2N2O/c1-2-3-4-5-6-7-8-9-10-14-23(30)18-15-16-21-22(17-18)29-25(28-21)24-19(26)12-11-13-20(24)27/h11-13,15-17H,2-10,14H2,1H3,(H,28,29). The van der Waals surface area contributed by atoms with Crippen molar-refractivity contribution in [1.82, 2.24) is 9.97 Å². The number of ketones is 1. The molecule has 1 N–H and O–H groups in total. The quantitative estimate of drug-likeness (QED) is 0.224. The summed E-state index contributed by atoms with van der Waals surface area (Å²) >= 11 is 12.6. The van der Waals surface area contributed by atoms with Crippen molar-refractivity contribution >= 4 is 40.0 Å². The minimum absolute atomic E-state index is 0.187. The molecule has 1 heterocycles. The van der Waals surface area contributed by atoms with Gasteiger partial charge in [0, 0.05) is 12.0 Å². The number of nitrogens with one attached hydrogen (secondary N) is 1. The lowest BCUT2D eigenvalue weighted by atomic mass is 10.0. The highest BCUT2D eigenvalue weighted by Gasteiger charge is 2.14. The third kappa shape index (κ3) is 6.09. The van der Waals surface area contributed by atoms with E-state index in [1.807, 2.05) is 18.2 Å². The van der Waals surface area contributed by atoms with Crippen molar-refractivity contribution in [3.63, 3.8) is 0 Å². The number of unbranched alkanes of at least 4 members (excludes halogenated alkanes) is 8. The number of aromatic amines is 1. The van der Waals surface area contributed by atoms with Crippen LogP contribution in [0.1, 0.15) is 81.5 Å². The lowest BCUT2D eigenvalue weighted by Gasteiger charge is -2.03. The van der Waals surface area contributed by atoms with Gasteiger partial charge in [0.15, 0.2) is 5.78 Å². The molecule has 0 saturated heterocycles. The van der Waals surface area contributed by atoms with Crippen LogP contribution in [-0.4, -0.2) is 15.8 Å². The molecule has 30 heavy (non-hydrogen) atoms. The smallest absolute Gasteiger partial charge is 0.162 e. The largest absolute Gasteiger partial charge is 0.338 e. The predicted molar refractivity (Wildman–Crippen MR) is 128 cm³/mol. The Hall–Kier alpha value is -1.84. The summed E-state index contributed by atoms with van der Waals surface area (Å²) in [5, 5.41) is 1.09. The molecule has 0 atom stereocenters. The zero-order valence-corrected chi connectivity index (χ0v) is 19.2. The molecule has 0 fully saturated rings. The maximum absolute atomic E-state index is 12.6. The lowest BCUT2D eigenvalue weighted by molar-refractivity contribution is 0.0979. The Morgan fingerprint density at radius 3 is 2.20 bits per heavy atom. The number of fused-ring (bicyclic) bond motifs is 1. The first-order valence-electron chi connectivity index (χ1n) is 11.1. The summed E-state index contributed by atoms with van der Waals surface area (Å²) in [6.45, 7) is 2.24. The van der Waals surface area contributed by atoms with Crippen LogP contribution in [0.4, 0.5) is 0 Å². The van der Waals surface area contributed by atoms with E-state index in [4.69, 9.17) is 23.2 Å². The maximum Gasteiger partial charge on any atom is 0.162 e. The highest BCUT2D eigenvalue weighted by atomic mass is 35.5. The van der Waals surface area contributed by atoms with E-state index in [9.17, 15) is 4.79 Å². The zero-order chi connectivity index (χ0) is 21.3. The third-order valence-corrected chi connectivity index (χ3v) is 6.14. The average Bonchev–Trinajstić information content (AvgIpc) is 3.15. The van der Waals surface area contributed by atoms with Gasteiger partial charge in [-0.25, -0.2) is 4.98 Å². The first kappa shape index (κ1) is 22.8. The molecule has 3 nitrogen and oxygen atoms in total. The summed E-state index contributed by atoms with van der Waals surface area (Å²) in [7, 11) is 0. The number of halogens is 2. The number of H-pyrrole nitrogens is 1. The number of nitrogens with zero attached hydrogens (tertiary/aromatic N) is 1. The molecule has 0 aliphatic rings. The summed E-state index contributed by atoms with van der Waals surface area (Å²) in [6.07, 6.45) is 11.8. The van der Waals surface area contributed by atoms with Gasteiger partial charge in [0.05, 0.1) is 26.6 Å². The van der Waals surface area contributed by atoms with E-state index in [-0.39, 0.29) is 5.78 Å². The summed E-state index contributed by atoms with van der Waals surface area (Å²) in [5.41, 5.74) is 3.02. The van der Waals surface area contributed by atoms with Gasteiger partial charge >= 0.3 is 0 Å². The number of hydrogen-bond donors (Lipinski definition) is 1. The molecule has 1 aromatic heterocycles. The Morgan fingerprint density at radius 2 is 1.53 bits per heavy atom. The number of rotatable bonds is 12. The van der Waals surface area contributed by atoms with Gasteiger partial charge < -0.3 is 4.98 Å². The Balaban J connectivity index is 1.54. The van der Waals surface area contributed by atoms with Crippen molar-refractivity contribution in [1.29, 1.82) is 0 Å². The van der Waals surface area contributed by atoms with Gasteiger partial charge in [-0.05, 0) is 36.8 Å².